The maximum atomic E-state index is 10.3. The predicted octanol–water partition coefficient (Wildman–Crippen LogP) is 0.593. The smallest absolute Gasteiger partial charge is 0.219 e. The first-order valence-corrected chi connectivity index (χ1v) is 4.00. The van der Waals surface area contributed by atoms with Crippen molar-refractivity contribution >= 4 is 33.0 Å². The van der Waals surface area contributed by atoms with Gasteiger partial charge in [0.1, 0.15) is 5.16 Å². The molecule has 5 heteroatoms. The molecule has 0 unspecified atom stereocenters. The Morgan fingerprint density at radius 2 is 2.30 bits per heavy atom. The van der Waals surface area contributed by atoms with Gasteiger partial charge in [-0.2, -0.15) is 8.42 Å². The Balaban J connectivity index is 3.01. The van der Waals surface area contributed by atoms with E-state index in [4.69, 9.17) is 11.6 Å². The van der Waals surface area contributed by atoms with E-state index in [2.05, 4.69) is 4.99 Å². The second-order valence-electron chi connectivity index (χ2n) is 1.69. The average molecular weight is 178 g/mol. The fourth-order valence-electron chi connectivity index (χ4n) is 0.535. The number of aliphatic imine (C=N–C) groups is 1. The fourth-order valence-corrected chi connectivity index (χ4v) is 1.02. The zero-order valence-electron chi connectivity index (χ0n) is 4.91. The number of hydrogen-bond acceptors (Lipinski definition) is 3. The molecule has 10 heavy (non-hydrogen) atoms. The lowest BCUT2D eigenvalue weighted by atomic mass is 10.3. The lowest BCUT2D eigenvalue weighted by molar-refractivity contribution is 0.627. The van der Waals surface area contributed by atoms with Crippen molar-refractivity contribution in [1.82, 2.24) is 0 Å². The van der Waals surface area contributed by atoms with Gasteiger partial charge in [-0.3, -0.25) is 0 Å². The van der Waals surface area contributed by atoms with Crippen molar-refractivity contribution in [2.24, 2.45) is 4.99 Å². The van der Waals surface area contributed by atoms with E-state index >= 15 is 0 Å². The average Bonchev–Trinajstić information content (AvgIpc) is 1.88. The Morgan fingerprint density at radius 1 is 1.60 bits per heavy atom. The van der Waals surface area contributed by atoms with Gasteiger partial charge in [0.05, 0.1) is 4.86 Å². The maximum absolute atomic E-state index is 10.3. The molecule has 3 nitrogen and oxygen atoms in total. The summed E-state index contributed by atoms with van der Waals surface area (Å²) >= 11 is 5.44. The second kappa shape index (κ2) is 2.98. The molecule has 0 N–H and O–H groups in total. The molecular weight excluding hydrogens is 174 g/mol. The molecule has 0 saturated heterocycles. The monoisotopic (exact) mass is 177 g/mol. The Hall–Kier alpha value is -0.610. The molecule has 0 radical (unpaired) electrons. The Labute approximate surface area is 64.6 Å². The van der Waals surface area contributed by atoms with E-state index in [1.165, 1.54) is 6.21 Å². The number of nitrogens with zero attached hydrogens (tertiary/aromatic N) is 1. The number of halogens is 1. The third-order valence-electron chi connectivity index (χ3n) is 1.02. The van der Waals surface area contributed by atoms with Crippen LogP contribution in [-0.4, -0.2) is 19.5 Å². The highest BCUT2D eigenvalue weighted by Crippen LogP contribution is 2.07. The van der Waals surface area contributed by atoms with Crippen LogP contribution in [0.25, 0.3) is 0 Å². The van der Waals surface area contributed by atoms with Gasteiger partial charge in [-0.15, -0.1) is 0 Å². The van der Waals surface area contributed by atoms with Crippen LogP contribution in [0.2, 0.25) is 0 Å². The van der Waals surface area contributed by atoms with Crippen LogP contribution in [0.3, 0.4) is 0 Å². The van der Waals surface area contributed by atoms with Gasteiger partial charge >= 0.3 is 0 Å². The molecule has 0 fully saturated rings. The third-order valence-corrected chi connectivity index (χ3v) is 1.97. The predicted molar refractivity (Wildman–Crippen MR) is 41.0 cm³/mol. The minimum Gasteiger partial charge on any atom is -0.244 e. The quantitative estimate of drug-likeness (QED) is 0.402. The summed E-state index contributed by atoms with van der Waals surface area (Å²) in [5.41, 5.74) is 0. The van der Waals surface area contributed by atoms with E-state index in [0.29, 0.717) is 11.6 Å². The van der Waals surface area contributed by atoms with Gasteiger partial charge in [-0.05, 0) is 6.08 Å². The molecule has 1 rings (SSSR count). The van der Waals surface area contributed by atoms with Gasteiger partial charge in [-0.25, -0.2) is 4.99 Å². The SMILES string of the molecule is O=S(=O)=C1C=NC(Cl)=CC1. The molecule has 54 valence electrons. The van der Waals surface area contributed by atoms with E-state index in [1.807, 2.05) is 0 Å². The molecule has 0 saturated carbocycles. The summed E-state index contributed by atoms with van der Waals surface area (Å²) in [7, 11) is -2.15. The number of rotatable bonds is 0. The molecule has 0 aromatic heterocycles. The van der Waals surface area contributed by atoms with Crippen molar-refractivity contribution in [2.75, 3.05) is 0 Å². The van der Waals surface area contributed by atoms with E-state index < -0.39 is 10.3 Å². The molecule has 0 atom stereocenters. The summed E-state index contributed by atoms with van der Waals surface area (Å²) in [6.45, 7) is 0. The second-order valence-corrected chi connectivity index (χ2v) is 3.07. The maximum Gasteiger partial charge on any atom is 0.219 e. The zero-order valence-corrected chi connectivity index (χ0v) is 6.48. The Morgan fingerprint density at radius 3 is 2.70 bits per heavy atom. The normalized spacial score (nSPS) is 16.9. The molecule has 0 aromatic carbocycles. The number of hydrogen-bond donors (Lipinski definition) is 0. The van der Waals surface area contributed by atoms with Gasteiger partial charge < -0.3 is 0 Å². The lowest BCUT2D eigenvalue weighted by Crippen LogP contribution is -2.03. The van der Waals surface area contributed by atoms with Gasteiger partial charge in [0.25, 0.3) is 0 Å². The Bertz CT molecular complexity index is 318. The van der Waals surface area contributed by atoms with Crippen LogP contribution >= 0.6 is 11.6 Å². The minimum absolute atomic E-state index is 0.268. The van der Waals surface area contributed by atoms with E-state index in [1.54, 1.807) is 6.08 Å². The third kappa shape index (κ3) is 1.68. The molecule has 0 aliphatic carbocycles. The number of allylic oxidation sites excluding steroid dienone is 1. The first kappa shape index (κ1) is 7.50. The van der Waals surface area contributed by atoms with Gasteiger partial charge in [0.2, 0.25) is 10.3 Å². The van der Waals surface area contributed by atoms with Crippen molar-refractivity contribution in [2.45, 2.75) is 6.42 Å². The summed E-state index contributed by atoms with van der Waals surface area (Å²) in [5.74, 6) is 0. The van der Waals surface area contributed by atoms with Crippen molar-refractivity contribution in [3.8, 4) is 0 Å². The van der Waals surface area contributed by atoms with Crippen LogP contribution in [0.15, 0.2) is 16.2 Å². The molecule has 0 amide bonds. The van der Waals surface area contributed by atoms with Crippen LogP contribution in [0, 0.1) is 0 Å². The first-order chi connectivity index (χ1) is 4.70. The van der Waals surface area contributed by atoms with Crippen LogP contribution < -0.4 is 0 Å². The van der Waals surface area contributed by atoms with Crippen molar-refractivity contribution in [3.05, 3.63) is 11.2 Å². The topological polar surface area (TPSA) is 46.5 Å². The van der Waals surface area contributed by atoms with Gasteiger partial charge in [0, 0.05) is 12.6 Å². The largest absolute Gasteiger partial charge is 0.244 e. The standard InChI is InChI=1S/C5H4ClNO2S/c6-5-2-1-4(3-7-5)10(8)9/h2-3H,1H2. The van der Waals surface area contributed by atoms with E-state index in [0.717, 1.165) is 0 Å². The summed E-state index contributed by atoms with van der Waals surface area (Å²) in [5, 5.41) is 0.342. The highest BCUT2D eigenvalue weighted by atomic mass is 35.5. The molecule has 0 aromatic rings. The fraction of sp³-hybridized carbons (Fsp3) is 0.200. The van der Waals surface area contributed by atoms with Crippen molar-refractivity contribution in [3.63, 3.8) is 0 Å². The minimum atomic E-state index is -2.15. The summed E-state index contributed by atoms with van der Waals surface area (Å²) in [6.07, 6.45) is 3.15. The van der Waals surface area contributed by atoms with Crippen LogP contribution in [0.4, 0.5) is 0 Å². The summed E-state index contributed by atoms with van der Waals surface area (Å²) < 4.78 is 20.5. The highest BCUT2D eigenvalue weighted by molar-refractivity contribution is 7.74. The zero-order chi connectivity index (χ0) is 7.56. The summed E-state index contributed by atoms with van der Waals surface area (Å²) in [4.78, 5) is 3.87. The van der Waals surface area contributed by atoms with Crippen LogP contribution in [0.5, 0.6) is 0 Å². The molecule has 1 aliphatic heterocycles. The molecule has 0 bridgehead atoms. The van der Waals surface area contributed by atoms with Crippen molar-refractivity contribution in [1.29, 1.82) is 0 Å². The van der Waals surface area contributed by atoms with Gasteiger partial charge in [0.15, 0.2) is 0 Å². The Kier molecular flexibility index (Phi) is 2.24. The molecule has 0 spiro atoms. The van der Waals surface area contributed by atoms with E-state index in [9.17, 15) is 8.42 Å². The van der Waals surface area contributed by atoms with Gasteiger partial charge in [-0.1, -0.05) is 11.6 Å². The lowest BCUT2D eigenvalue weighted by Gasteiger charge is -1.96. The molecule has 1 aliphatic rings. The van der Waals surface area contributed by atoms with Crippen molar-refractivity contribution < 1.29 is 8.42 Å². The van der Waals surface area contributed by atoms with Crippen LogP contribution in [0.1, 0.15) is 6.42 Å². The molecule has 1 heterocycles. The van der Waals surface area contributed by atoms with Crippen LogP contribution in [-0.2, 0) is 10.3 Å². The highest BCUT2D eigenvalue weighted by Gasteiger charge is 2.01. The van der Waals surface area contributed by atoms with E-state index in [-0.39, 0.29) is 4.86 Å². The molecular formula is C5H4ClNO2S. The first-order valence-electron chi connectivity index (χ1n) is 2.55. The summed E-state index contributed by atoms with van der Waals surface area (Å²) in [6, 6.07) is 0.